The maximum Gasteiger partial charge on any atom is 0.180 e. The van der Waals surface area contributed by atoms with Gasteiger partial charge in [-0.1, -0.05) is 23.2 Å². The number of nitrogens with zero attached hydrogens (tertiary/aromatic N) is 2. The summed E-state index contributed by atoms with van der Waals surface area (Å²) in [5, 5.41) is 0.907. The van der Waals surface area contributed by atoms with E-state index in [-0.39, 0.29) is 0 Å². The predicted octanol–water partition coefficient (Wildman–Crippen LogP) is 4.21. The number of methoxy groups -OCH3 is 2. The van der Waals surface area contributed by atoms with Crippen molar-refractivity contribution >= 4 is 35.0 Å². The average molecular weight is 343 g/mol. The van der Waals surface area contributed by atoms with Crippen molar-refractivity contribution in [1.29, 1.82) is 0 Å². The molecule has 7 heteroatoms. The summed E-state index contributed by atoms with van der Waals surface area (Å²) in [6, 6.07) is 3.59. The molecule has 2 aromatic rings. The van der Waals surface area contributed by atoms with Gasteiger partial charge in [0.2, 0.25) is 0 Å². The number of aromatic nitrogens is 2. The van der Waals surface area contributed by atoms with E-state index in [1.165, 1.54) is 0 Å². The van der Waals surface area contributed by atoms with Crippen LogP contribution in [0.5, 0.6) is 11.5 Å². The molecule has 1 aromatic heterocycles. The fraction of sp³-hybridized carbons (Fsp3) is 0.286. The molecule has 0 spiro atoms. The first-order chi connectivity index (χ1) is 10.2. The molecule has 1 aliphatic heterocycles. The summed E-state index contributed by atoms with van der Waals surface area (Å²) < 4.78 is 10.5. The number of rotatable bonds is 3. The van der Waals surface area contributed by atoms with Crippen LogP contribution in [0, 0.1) is 0 Å². The highest BCUT2D eigenvalue weighted by atomic mass is 35.5. The van der Waals surface area contributed by atoms with Crippen LogP contribution in [-0.2, 0) is 11.5 Å². The Bertz CT molecular complexity index is 710. The monoisotopic (exact) mass is 342 g/mol. The van der Waals surface area contributed by atoms with Crippen LogP contribution in [0.2, 0.25) is 10.2 Å². The molecule has 0 amide bonds. The third-order valence-corrected chi connectivity index (χ3v) is 4.91. The number of hydrogen-bond acceptors (Lipinski definition) is 5. The van der Waals surface area contributed by atoms with Crippen LogP contribution in [0.3, 0.4) is 0 Å². The summed E-state index contributed by atoms with van der Waals surface area (Å²) in [6.45, 7) is 0. The Morgan fingerprint density at radius 2 is 1.90 bits per heavy atom. The van der Waals surface area contributed by atoms with E-state index in [2.05, 4.69) is 9.97 Å². The molecule has 2 heterocycles. The highest BCUT2D eigenvalue weighted by Crippen LogP contribution is 2.42. The molecule has 0 saturated heterocycles. The third-order valence-electron chi connectivity index (χ3n) is 3.25. The standard InChI is InChI=1S/C14H12Cl2N2O2S/c1-19-10-4-3-7(11(15)12(10)20-2)14-17-9-6-21-5-8(9)13(16)18-14/h3-4H,5-6H2,1-2H3. The molecule has 1 aromatic carbocycles. The summed E-state index contributed by atoms with van der Waals surface area (Å²) in [4.78, 5) is 8.95. The fourth-order valence-electron chi connectivity index (χ4n) is 2.19. The molecule has 3 rings (SSSR count). The van der Waals surface area contributed by atoms with Crippen LogP contribution in [0.25, 0.3) is 11.4 Å². The quantitative estimate of drug-likeness (QED) is 0.781. The van der Waals surface area contributed by atoms with E-state index in [0.29, 0.717) is 33.1 Å². The molecular formula is C14H12Cl2N2O2S. The first-order valence-electron chi connectivity index (χ1n) is 6.19. The molecule has 0 bridgehead atoms. The van der Waals surface area contributed by atoms with Gasteiger partial charge in [0.25, 0.3) is 0 Å². The maximum absolute atomic E-state index is 6.40. The number of ether oxygens (including phenoxy) is 2. The number of thioether (sulfide) groups is 1. The highest BCUT2D eigenvalue weighted by molar-refractivity contribution is 7.98. The number of fused-ring (bicyclic) bond motifs is 1. The van der Waals surface area contributed by atoms with Crippen molar-refractivity contribution in [3.63, 3.8) is 0 Å². The van der Waals surface area contributed by atoms with Gasteiger partial charge in [-0.2, -0.15) is 11.8 Å². The molecule has 0 atom stereocenters. The largest absolute Gasteiger partial charge is 0.493 e. The van der Waals surface area contributed by atoms with Gasteiger partial charge in [-0.05, 0) is 12.1 Å². The van der Waals surface area contributed by atoms with Crippen LogP contribution in [0.1, 0.15) is 11.3 Å². The smallest absolute Gasteiger partial charge is 0.180 e. The maximum atomic E-state index is 6.40. The molecule has 0 unspecified atom stereocenters. The first-order valence-corrected chi connectivity index (χ1v) is 8.10. The van der Waals surface area contributed by atoms with Gasteiger partial charge >= 0.3 is 0 Å². The molecule has 0 N–H and O–H groups in total. The summed E-state index contributed by atoms with van der Waals surface area (Å²) in [5.41, 5.74) is 2.67. The van der Waals surface area contributed by atoms with Gasteiger partial charge in [-0.25, -0.2) is 9.97 Å². The molecule has 110 valence electrons. The van der Waals surface area contributed by atoms with Gasteiger partial charge in [0.15, 0.2) is 17.3 Å². The molecule has 0 aliphatic carbocycles. The lowest BCUT2D eigenvalue weighted by Gasteiger charge is -2.13. The lowest BCUT2D eigenvalue weighted by Crippen LogP contribution is -1.99. The van der Waals surface area contributed by atoms with E-state index in [4.69, 9.17) is 32.7 Å². The molecule has 21 heavy (non-hydrogen) atoms. The summed E-state index contributed by atoms with van der Waals surface area (Å²) >= 11 is 14.4. The third kappa shape index (κ3) is 2.54. The van der Waals surface area contributed by atoms with Crippen molar-refractivity contribution in [2.75, 3.05) is 14.2 Å². The van der Waals surface area contributed by atoms with Crippen molar-refractivity contribution < 1.29 is 9.47 Å². The molecule has 0 fully saturated rings. The van der Waals surface area contributed by atoms with E-state index in [0.717, 1.165) is 22.8 Å². The minimum atomic E-state index is 0.415. The molecule has 0 radical (unpaired) electrons. The van der Waals surface area contributed by atoms with Crippen LogP contribution in [0.4, 0.5) is 0 Å². The Balaban J connectivity index is 2.15. The average Bonchev–Trinajstić information content (AvgIpc) is 2.95. The van der Waals surface area contributed by atoms with E-state index < -0.39 is 0 Å². The Kier molecular flexibility index (Phi) is 4.15. The van der Waals surface area contributed by atoms with Crippen LogP contribution in [0.15, 0.2) is 12.1 Å². The van der Waals surface area contributed by atoms with Crippen LogP contribution in [-0.4, -0.2) is 24.2 Å². The summed E-state index contributed by atoms with van der Waals surface area (Å²) in [7, 11) is 3.11. The Labute approximate surface area is 136 Å². The zero-order valence-electron chi connectivity index (χ0n) is 11.4. The fourth-order valence-corrected chi connectivity index (χ4v) is 3.89. The normalized spacial score (nSPS) is 13.1. The second-order valence-corrected chi connectivity index (χ2v) is 6.14. The lowest BCUT2D eigenvalue weighted by molar-refractivity contribution is 0.355. The van der Waals surface area contributed by atoms with E-state index >= 15 is 0 Å². The van der Waals surface area contributed by atoms with E-state index in [9.17, 15) is 0 Å². The van der Waals surface area contributed by atoms with Crippen molar-refractivity contribution in [3.8, 4) is 22.9 Å². The molecule has 1 aliphatic rings. The van der Waals surface area contributed by atoms with Gasteiger partial charge in [-0.3, -0.25) is 0 Å². The van der Waals surface area contributed by atoms with Crippen molar-refractivity contribution in [1.82, 2.24) is 9.97 Å². The van der Waals surface area contributed by atoms with E-state index in [1.807, 2.05) is 6.07 Å². The topological polar surface area (TPSA) is 44.2 Å². The van der Waals surface area contributed by atoms with Crippen LogP contribution >= 0.6 is 35.0 Å². The molecular weight excluding hydrogens is 331 g/mol. The highest BCUT2D eigenvalue weighted by Gasteiger charge is 2.22. The van der Waals surface area contributed by atoms with Gasteiger partial charge in [0.05, 0.1) is 24.9 Å². The number of hydrogen-bond donors (Lipinski definition) is 0. The van der Waals surface area contributed by atoms with Gasteiger partial charge in [-0.15, -0.1) is 0 Å². The van der Waals surface area contributed by atoms with Crippen LogP contribution < -0.4 is 9.47 Å². The zero-order valence-corrected chi connectivity index (χ0v) is 13.8. The SMILES string of the molecule is COc1ccc(-c2nc(Cl)c3c(n2)CSC3)c(Cl)c1OC. The lowest BCUT2D eigenvalue weighted by atomic mass is 10.1. The zero-order chi connectivity index (χ0) is 15.0. The number of halogens is 2. The Morgan fingerprint density at radius 1 is 1.10 bits per heavy atom. The number of benzene rings is 1. The van der Waals surface area contributed by atoms with Gasteiger partial charge in [0, 0.05) is 22.6 Å². The second kappa shape index (κ2) is 5.91. The predicted molar refractivity (Wildman–Crippen MR) is 85.6 cm³/mol. The molecule has 4 nitrogen and oxygen atoms in total. The summed E-state index contributed by atoms with van der Waals surface area (Å²) in [6.07, 6.45) is 0. The Morgan fingerprint density at radius 3 is 2.62 bits per heavy atom. The minimum Gasteiger partial charge on any atom is -0.493 e. The second-order valence-electron chi connectivity index (χ2n) is 4.42. The first kappa shape index (κ1) is 14.8. The molecule has 0 saturated carbocycles. The minimum absolute atomic E-state index is 0.415. The van der Waals surface area contributed by atoms with Crippen molar-refractivity contribution in [3.05, 3.63) is 33.6 Å². The van der Waals surface area contributed by atoms with Gasteiger partial charge < -0.3 is 9.47 Å². The van der Waals surface area contributed by atoms with E-state index in [1.54, 1.807) is 32.0 Å². The van der Waals surface area contributed by atoms with Crippen molar-refractivity contribution in [2.45, 2.75) is 11.5 Å². The summed E-state index contributed by atoms with van der Waals surface area (Å²) in [5.74, 6) is 3.23. The van der Waals surface area contributed by atoms with Crippen molar-refractivity contribution in [2.24, 2.45) is 0 Å². The van der Waals surface area contributed by atoms with Gasteiger partial charge in [0.1, 0.15) is 5.15 Å². The Hall–Kier alpha value is -1.17.